The van der Waals surface area contributed by atoms with E-state index in [1.165, 1.54) is 11.0 Å². The van der Waals surface area contributed by atoms with Gasteiger partial charge in [0, 0.05) is 31.9 Å². The second-order valence-electron chi connectivity index (χ2n) is 5.13. The van der Waals surface area contributed by atoms with Crippen molar-refractivity contribution in [2.45, 2.75) is 4.90 Å². The third-order valence-electron chi connectivity index (χ3n) is 3.46. The molecule has 0 aromatic heterocycles. The molecule has 1 fully saturated rings. The molecule has 0 saturated carbocycles. The average molecular weight is 315 g/mol. The highest BCUT2D eigenvalue weighted by Crippen LogP contribution is 2.19. The summed E-state index contributed by atoms with van der Waals surface area (Å²) in [6.45, 7) is 2.36. The van der Waals surface area contributed by atoms with Gasteiger partial charge in [0.05, 0.1) is 0 Å². The summed E-state index contributed by atoms with van der Waals surface area (Å²) in [6.07, 6.45) is 0. The number of carbonyl (C=O) groups is 1. The molecule has 0 aliphatic carbocycles. The first kappa shape index (κ1) is 15.7. The van der Waals surface area contributed by atoms with E-state index < -0.39 is 32.2 Å². The van der Waals surface area contributed by atoms with E-state index in [0.29, 0.717) is 26.2 Å². The minimum absolute atomic E-state index is 0.136. The molecule has 6 nitrogen and oxygen atoms in total. The Morgan fingerprint density at radius 1 is 1.29 bits per heavy atom. The highest BCUT2D eigenvalue weighted by Gasteiger charge is 2.27. The van der Waals surface area contributed by atoms with Crippen LogP contribution in [-0.2, 0) is 14.6 Å². The fraction of sp³-hybridized carbons (Fsp3) is 0.462. The molecule has 0 spiro atoms. The van der Waals surface area contributed by atoms with E-state index in [4.69, 9.17) is 5.73 Å². The van der Waals surface area contributed by atoms with Crippen molar-refractivity contribution in [2.24, 2.45) is 0 Å². The third kappa shape index (κ3) is 3.70. The Labute approximate surface area is 123 Å². The van der Waals surface area contributed by atoms with Crippen LogP contribution in [-0.4, -0.2) is 63.1 Å². The molecule has 0 atom stereocenters. The third-order valence-corrected chi connectivity index (χ3v) is 5.09. The number of nitrogen functional groups attached to an aromatic ring is 1. The van der Waals surface area contributed by atoms with E-state index in [1.54, 1.807) is 0 Å². The minimum Gasteiger partial charge on any atom is -0.399 e. The molecule has 1 aliphatic rings. The molecular formula is C13H18FN3O3S. The number of anilines is 1. The molecule has 0 unspecified atom stereocenters. The molecule has 0 radical (unpaired) electrons. The van der Waals surface area contributed by atoms with E-state index in [-0.39, 0.29) is 5.69 Å². The first-order valence-electron chi connectivity index (χ1n) is 6.54. The van der Waals surface area contributed by atoms with E-state index in [0.717, 1.165) is 12.1 Å². The molecule has 116 valence electrons. The van der Waals surface area contributed by atoms with Crippen LogP contribution in [0.15, 0.2) is 23.1 Å². The number of amides is 1. The number of benzene rings is 1. The first-order valence-corrected chi connectivity index (χ1v) is 8.19. The molecule has 1 heterocycles. The Balaban J connectivity index is 2.12. The maximum absolute atomic E-state index is 13.7. The van der Waals surface area contributed by atoms with E-state index >= 15 is 0 Å². The molecular weight excluding hydrogens is 297 g/mol. The quantitative estimate of drug-likeness (QED) is 0.791. The van der Waals surface area contributed by atoms with Crippen LogP contribution in [0.2, 0.25) is 0 Å². The lowest BCUT2D eigenvalue weighted by molar-refractivity contribution is -0.129. The van der Waals surface area contributed by atoms with E-state index in [2.05, 4.69) is 4.90 Å². The van der Waals surface area contributed by atoms with Crippen molar-refractivity contribution in [3.63, 3.8) is 0 Å². The van der Waals surface area contributed by atoms with Crippen LogP contribution < -0.4 is 5.73 Å². The molecule has 1 aliphatic heterocycles. The fourth-order valence-corrected chi connectivity index (χ4v) is 3.45. The maximum Gasteiger partial charge on any atom is 0.238 e. The van der Waals surface area contributed by atoms with Crippen LogP contribution in [0.25, 0.3) is 0 Å². The predicted molar refractivity (Wildman–Crippen MR) is 76.9 cm³/mol. The van der Waals surface area contributed by atoms with Crippen molar-refractivity contribution < 1.29 is 17.6 Å². The maximum atomic E-state index is 13.7. The average Bonchev–Trinajstić information content (AvgIpc) is 2.38. The van der Waals surface area contributed by atoms with Gasteiger partial charge in [0.1, 0.15) is 16.5 Å². The van der Waals surface area contributed by atoms with Crippen LogP contribution in [0, 0.1) is 5.82 Å². The highest BCUT2D eigenvalue weighted by atomic mass is 32.2. The Morgan fingerprint density at radius 2 is 1.90 bits per heavy atom. The monoisotopic (exact) mass is 315 g/mol. The van der Waals surface area contributed by atoms with Gasteiger partial charge < -0.3 is 15.5 Å². The second-order valence-corrected chi connectivity index (χ2v) is 7.09. The van der Waals surface area contributed by atoms with E-state index in [9.17, 15) is 17.6 Å². The number of piperazine rings is 1. The zero-order chi connectivity index (χ0) is 15.6. The zero-order valence-electron chi connectivity index (χ0n) is 11.8. The summed E-state index contributed by atoms with van der Waals surface area (Å²) in [5.41, 5.74) is 5.52. The smallest absolute Gasteiger partial charge is 0.238 e. The standard InChI is InChI=1S/C13H18FN3O3S/c1-16-4-6-17(7-5-16)13(18)9-21(19,20)12-3-2-10(15)8-11(12)14/h2-3,8H,4-7,9,15H2,1H3. The van der Waals surface area contributed by atoms with Gasteiger partial charge in [-0.1, -0.05) is 0 Å². The SMILES string of the molecule is CN1CCN(C(=O)CS(=O)(=O)c2ccc(N)cc2F)CC1. The van der Waals surface area contributed by atoms with Gasteiger partial charge in [-0.3, -0.25) is 4.79 Å². The van der Waals surface area contributed by atoms with Gasteiger partial charge in [-0.15, -0.1) is 0 Å². The van der Waals surface area contributed by atoms with Gasteiger partial charge in [0.15, 0.2) is 9.84 Å². The summed E-state index contributed by atoms with van der Waals surface area (Å²) >= 11 is 0. The largest absolute Gasteiger partial charge is 0.399 e. The number of hydrogen-bond donors (Lipinski definition) is 1. The van der Waals surface area contributed by atoms with Crippen LogP contribution in [0.1, 0.15) is 0 Å². The zero-order valence-corrected chi connectivity index (χ0v) is 12.6. The summed E-state index contributed by atoms with van der Waals surface area (Å²) in [6, 6.07) is 3.33. The van der Waals surface area contributed by atoms with Gasteiger partial charge in [-0.05, 0) is 25.2 Å². The van der Waals surface area contributed by atoms with Crippen molar-refractivity contribution in [1.82, 2.24) is 9.80 Å². The number of sulfone groups is 1. The van der Waals surface area contributed by atoms with Crippen molar-refractivity contribution in [1.29, 1.82) is 0 Å². The molecule has 8 heteroatoms. The topological polar surface area (TPSA) is 83.7 Å². The van der Waals surface area contributed by atoms with Gasteiger partial charge in [0.2, 0.25) is 5.91 Å². The predicted octanol–water partition coefficient (Wildman–Crippen LogP) is -0.0444. The van der Waals surface area contributed by atoms with Crippen LogP contribution >= 0.6 is 0 Å². The van der Waals surface area contributed by atoms with Gasteiger partial charge in [-0.25, -0.2) is 12.8 Å². The summed E-state index contributed by atoms with van der Waals surface area (Å²) in [5.74, 6) is -2.15. The summed E-state index contributed by atoms with van der Waals surface area (Å²) in [4.78, 5) is 15.1. The summed E-state index contributed by atoms with van der Waals surface area (Å²) < 4.78 is 38.0. The second kappa shape index (κ2) is 5.98. The molecule has 1 aromatic rings. The molecule has 2 rings (SSSR count). The lowest BCUT2D eigenvalue weighted by atomic mass is 10.3. The molecule has 21 heavy (non-hydrogen) atoms. The lowest BCUT2D eigenvalue weighted by Gasteiger charge is -2.32. The Hall–Kier alpha value is -1.67. The molecule has 1 amide bonds. The lowest BCUT2D eigenvalue weighted by Crippen LogP contribution is -2.48. The number of nitrogens with two attached hydrogens (primary N) is 1. The molecule has 0 bridgehead atoms. The molecule has 1 saturated heterocycles. The fourth-order valence-electron chi connectivity index (χ4n) is 2.16. The first-order chi connectivity index (χ1) is 9.79. The van der Waals surface area contributed by atoms with Crippen molar-refractivity contribution in [3.8, 4) is 0 Å². The number of rotatable bonds is 3. The van der Waals surface area contributed by atoms with Crippen LogP contribution in [0.4, 0.5) is 10.1 Å². The number of halogens is 1. The molecule has 1 aromatic carbocycles. The Morgan fingerprint density at radius 3 is 2.48 bits per heavy atom. The van der Waals surface area contributed by atoms with Gasteiger partial charge in [0.25, 0.3) is 0 Å². The number of hydrogen-bond acceptors (Lipinski definition) is 5. The number of likely N-dealkylation sites (N-methyl/N-ethyl adjacent to an activating group) is 1. The highest BCUT2D eigenvalue weighted by molar-refractivity contribution is 7.92. The summed E-state index contributed by atoms with van der Waals surface area (Å²) in [5, 5.41) is 0. The Kier molecular flexibility index (Phi) is 4.48. The van der Waals surface area contributed by atoms with E-state index in [1.807, 2.05) is 7.05 Å². The normalized spacial score (nSPS) is 17.0. The number of carbonyl (C=O) groups excluding carboxylic acids is 1. The van der Waals surface area contributed by atoms with Crippen LogP contribution in [0.5, 0.6) is 0 Å². The van der Waals surface area contributed by atoms with Crippen molar-refractivity contribution in [2.75, 3.05) is 44.7 Å². The van der Waals surface area contributed by atoms with Crippen LogP contribution in [0.3, 0.4) is 0 Å². The Bertz CT molecular complexity index is 640. The van der Waals surface area contributed by atoms with Gasteiger partial charge in [-0.2, -0.15) is 0 Å². The molecule has 2 N–H and O–H groups in total. The summed E-state index contributed by atoms with van der Waals surface area (Å²) in [7, 11) is -2.07. The minimum atomic E-state index is -4.01. The van der Waals surface area contributed by atoms with Crippen molar-refractivity contribution in [3.05, 3.63) is 24.0 Å². The van der Waals surface area contributed by atoms with Crippen molar-refractivity contribution >= 4 is 21.4 Å². The number of nitrogens with zero attached hydrogens (tertiary/aromatic N) is 2. The van der Waals surface area contributed by atoms with Gasteiger partial charge >= 0.3 is 0 Å².